The summed E-state index contributed by atoms with van der Waals surface area (Å²) in [7, 11) is 0. The molecule has 1 unspecified atom stereocenters. The van der Waals surface area contributed by atoms with Gasteiger partial charge in [-0.15, -0.1) is 0 Å². The lowest BCUT2D eigenvalue weighted by atomic mass is 9.59. The molecular weight excluding hydrogens is 432 g/mol. The zero-order chi connectivity index (χ0) is 24.8. The number of fused-ring (bicyclic) bond motifs is 3. The number of ether oxygens (including phenoxy) is 1. The number of aliphatic hydroxyl groups excluding tert-OH is 2. The highest BCUT2D eigenvalue weighted by Crippen LogP contribution is 2.71. The smallest absolute Gasteiger partial charge is 0.339 e. The Kier molecular flexibility index (Phi) is 5.08. The number of allylic oxidation sites excluding steroid dienone is 1. The molecule has 5 rings (SSSR count). The van der Waals surface area contributed by atoms with Crippen LogP contribution in [0, 0.1) is 41.4 Å². The summed E-state index contributed by atoms with van der Waals surface area (Å²) in [5.74, 6) is -1.21. The molecule has 6 heteroatoms. The summed E-state index contributed by atoms with van der Waals surface area (Å²) in [5.41, 5.74) is -1.73. The largest absolute Gasteiger partial charge is 0.451 e. The van der Waals surface area contributed by atoms with Gasteiger partial charge in [0.1, 0.15) is 6.10 Å². The number of rotatable bonds is 3. The number of esters is 1. The standard InChI is InChI=1S/C28H34O6/c1-14-8-6-7-9-18(14)25(32)34-24-15(2)12-27-16(3)10-20-21(26(20,4)5)19(23(27)31)11-17(13-29)22(30)28(24,27)33/h6-9,11-12,16,19-22,24,29-30,33H,10,13H2,1-5H3/t16-,19?,20-,21+,22-,24+,27+,28+/m1/s1. The first-order valence-corrected chi connectivity index (χ1v) is 12.1. The first-order chi connectivity index (χ1) is 15.9. The maximum atomic E-state index is 14.3. The minimum atomic E-state index is -2.11. The summed E-state index contributed by atoms with van der Waals surface area (Å²) in [6.07, 6.45) is 1.36. The molecule has 4 aliphatic rings. The lowest BCUT2D eigenvalue weighted by molar-refractivity contribution is -0.190. The van der Waals surface area contributed by atoms with Crippen molar-refractivity contribution in [2.24, 2.45) is 34.5 Å². The Labute approximate surface area is 200 Å². The van der Waals surface area contributed by atoms with Crippen LogP contribution in [-0.2, 0) is 9.53 Å². The van der Waals surface area contributed by atoms with Crippen LogP contribution in [0.15, 0.2) is 47.6 Å². The van der Waals surface area contributed by atoms with Crippen LogP contribution in [0.4, 0.5) is 0 Å². The monoisotopic (exact) mass is 466 g/mol. The molecule has 1 aromatic carbocycles. The number of ketones is 1. The van der Waals surface area contributed by atoms with Crippen LogP contribution in [0.25, 0.3) is 0 Å². The molecule has 0 aliphatic heterocycles. The lowest BCUT2D eigenvalue weighted by Crippen LogP contribution is -2.65. The van der Waals surface area contributed by atoms with Gasteiger partial charge < -0.3 is 20.1 Å². The molecular formula is C28H34O6. The fourth-order valence-corrected chi connectivity index (χ4v) is 7.57. The zero-order valence-corrected chi connectivity index (χ0v) is 20.4. The number of aliphatic hydroxyl groups is 3. The number of aryl methyl sites for hydroxylation is 1. The van der Waals surface area contributed by atoms with E-state index < -0.39 is 41.7 Å². The Balaban J connectivity index is 1.65. The van der Waals surface area contributed by atoms with Gasteiger partial charge in [-0.05, 0) is 66.2 Å². The maximum Gasteiger partial charge on any atom is 0.339 e. The van der Waals surface area contributed by atoms with Crippen molar-refractivity contribution in [1.29, 1.82) is 0 Å². The molecule has 2 fully saturated rings. The normalized spacial score (nSPS) is 41.9. The molecule has 4 aliphatic carbocycles. The Hall–Kier alpha value is -2.28. The Morgan fingerprint density at radius 3 is 2.53 bits per heavy atom. The Morgan fingerprint density at radius 2 is 1.88 bits per heavy atom. The van der Waals surface area contributed by atoms with Gasteiger partial charge in [-0.2, -0.15) is 0 Å². The molecule has 3 N–H and O–H groups in total. The van der Waals surface area contributed by atoms with E-state index in [1.165, 1.54) is 0 Å². The second-order valence-electron chi connectivity index (χ2n) is 11.5. The quantitative estimate of drug-likeness (QED) is 0.467. The lowest BCUT2D eigenvalue weighted by Gasteiger charge is -2.48. The molecule has 2 saturated carbocycles. The predicted octanol–water partition coefficient (Wildman–Crippen LogP) is 2.99. The summed E-state index contributed by atoms with van der Waals surface area (Å²) in [6, 6.07) is 7.01. The van der Waals surface area contributed by atoms with E-state index in [1.807, 2.05) is 13.0 Å². The molecule has 0 aromatic heterocycles. The number of carbonyl (C=O) groups excluding carboxylic acids is 2. The number of benzene rings is 1. The van der Waals surface area contributed by atoms with Crippen molar-refractivity contribution in [2.45, 2.75) is 58.8 Å². The Bertz CT molecular complexity index is 1130. The van der Waals surface area contributed by atoms with E-state index in [2.05, 4.69) is 13.8 Å². The van der Waals surface area contributed by atoms with Crippen molar-refractivity contribution >= 4 is 11.8 Å². The summed E-state index contributed by atoms with van der Waals surface area (Å²) in [6.45, 7) is 9.30. The first kappa shape index (κ1) is 23.5. The summed E-state index contributed by atoms with van der Waals surface area (Å²) in [5, 5.41) is 34.1. The van der Waals surface area contributed by atoms with Gasteiger partial charge in [0.2, 0.25) is 0 Å². The van der Waals surface area contributed by atoms with Crippen molar-refractivity contribution in [1.82, 2.24) is 0 Å². The van der Waals surface area contributed by atoms with Crippen molar-refractivity contribution in [2.75, 3.05) is 6.61 Å². The zero-order valence-electron chi connectivity index (χ0n) is 20.4. The molecule has 0 amide bonds. The molecule has 8 atom stereocenters. The molecule has 2 bridgehead atoms. The SMILES string of the molecule is CC1=C[C@]23C(=O)C(C=C(CO)[C@@H](O)[C@]2(O)[C@H]1OC(=O)c1ccccc1C)[C@H]1[C@@H](C[C@H]3C)C1(C)C. The summed E-state index contributed by atoms with van der Waals surface area (Å²) in [4.78, 5) is 27.5. The van der Waals surface area contributed by atoms with Crippen molar-refractivity contribution in [3.05, 3.63) is 58.7 Å². The van der Waals surface area contributed by atoms with Gasteiger partial charge >= 0.3 is 5.97 Å². The highest BCUT2D eigenvalue weighted by atomic mass is 16.6. The van der Waals surface area contributed by atoms with Gasteiger partial charge in [-0.1, -0.05) is 51.1 Å². The van der Waals surface area contributed by atoms with Gasteiger partial charge in [0.05, 0.1) is 17.6 Å². The van der Waals surface area contributed by atoms with E-state index in [1.54, 1.807) is 44.2 Å². The minimum absolute atomic E-state index is 0.0330. The second kappa shape index (κ2) is 7.36. The minimum Gasteiger partial charge on any atom is -0.451 e. The van der Waals surface area contributed by atoms with Crippen molar-refractivity contribution in [3.8, 4) is 0 Å². The predicted molar refractivity (Wildman–Crippen MR) is 126 cm³/mol. The van der Waals surface area contributed by atoms with Crippen LogP contribution in [0.2, 0.25) is 0 Å². The average Bonchev–Trinajstić information content (AvgIpc) is 3.28. The average molecular weight is 467 g/mol. The van der Waals surface area contributed by atoms with Gasteiger partial charge in [0.15, 0.2) is 17.5 Å². The first-order valence-electron chi connectivity index (χ1n) is 12.1. The van der Waals surface area contributed by atoms with E-state index in [9.17, 15) is 24.9 Å². The van der Waals surface area contributed by atoms with Gasteiger partial charge in [-0.3, -0.25) is 4.79 Å². The van der Waals surface area contributed by atoms with Crippen LogP contribution in [-0.4, -0.2) is 51.5 Å². The number of carbonyl (C=O) groups is 2. The highest BCUT2D eigenvalue weighted by Gasteiger charge is 2.76. The number of Topliss-reactive ketones (excluding diaryl/α,β-unsaturated/α-hetero) is 1. The molecule has 1 aromatic rings. The number of hydrogen-bond donors (Lipinski definition) is 3. The highest BCUT2D eigenvalue weighted by molar-refractivity contribution is 5.96. The van der Waals surface area contributed by atoms with E-state index in [0.717, 1.165) is 12.0 Å². The molecule has 182 valence electrons. The van der Waals surface area contributed by atoms with E-state index in [-0.39, 0.29) is 28.6 Å². The third kappa shape index (κ3) is 2.73. The Morgan fingerprint density at radius 1 is 1.21 bits per heavy atom. The number of hydrogen-bond acceptors (Lipinski definition) is 6. The molecule has 34 heavy (non-hydrogen) atoms. The summed E-state index contributed by atoms with van der Waals surface area (Å²) >= 11 is 0. The second-order valence-corrected chi connectivity index (χ2v) is 11.5. The van der Waals surface area contributed by atoms with Crippen LogP contribution >= 0.6 is 0 Å². The third-order valence-electron chi connectivity index (χ3n) is 9.49. The van der Waals surface area contributed by atoms with Crippen LogP contribution in [0.3, 0.4) is 0 Å². The van der Waals surface area contributed by atoms with Crippen LogP contribution in [0.1, 0.15) is 50.0 Å². The van der Waals surface area contributed by atoms with Gasteiger partial charge in [0, 0.05) is 5.92 Å². The van der Waals surface area contributed by atoms with E-state index >= 15 is 0 Å². The maximum absolute atomic E-state index is 14.3. The molecule has 0 heterocycles. The van der Waals surface area contributed by atoms with E-state index in [4.69, 9.17) is 4.74 Å². The molecule has 0 saturated heterocycles. The van der Waals surface area contributed by atoms with Crippen molar-refractivity contribution in [3.63, 3.8) is 0 Å². The third-order valence-corrected chi connectivity index (χ3v) is 9.49. The topological polar surface area (TPSA) is 104 Å². The van der Waals surface area contributed by atoms with Crippen LogP contribution < -0.4 is 0 Å². The molecule has 6 nitrogen and oxygen atoms in total. The van der Waals surface area contributed by atoms with Gasteiger partial charge in [0.25, 0.3) is 0 Å². The fraction of sp³-hybridized carbons (Fsp3) is 0.571. The molecule has 0 radical (unpaired) electrons. The fourth-order valence-electron chi connectivity index (χ4n) is 7.57. The van der Waals surface area contributed by atoms with Gasteiger partial charge in [-0.25, -0.2) is 4.79 Å². The van der Waals surface area contributed by atoms with E-state index in [0.29, 0.717) is 17.1 Å². The summed E-state index contributed by atoms with van der Waals surface area (Å²) < 4.78 is 5.91. The van der Waals surface area contributed by atoms with Crippen molar-refractivity contribution < 1.29 is 29.6 Å². The molecule has 1 spiro atoms. The van der Waals surface area contributed by atoms with Crippen LogP contribution in [0.5, 0.6) is 0 Å².